The summed E-state index contributed by atoms with van der Waals surface area (Å²) in [4.78, 5) is 13.7. The van der Waals surface area contributed by atoms with Crippen molar-refractivity contribution in [3.63, 3.8) is 0 Å². The summed E-state index contributed by atoms with van der Waals surface area (Å²) in [6.07, 6.45) is 0. The van der Waals surface area contributed by atoms with Crippen molar-refractivity contribution in [2.24, 2.45) is 0 Å². The van der Waals surface area contributed by atoms with Crippen LogP contribution in [-0.2, 0) is 9.84 Å². The Bertz CT molecular complexity index is 689. The summed E-state index contributed by atoms with van der Waals surface area (Å²) in [7, 11) is -3.09. The molecule has 0 bridgehead atoms. The highest BCUT2D eigenvalue weighted by atomic mass is 32.2. The van der Waals surface area contributed by atoms with Gasteiger partial charge in [0.1, 0.15) is 0 Å². The fraction of sp³-hybridized carbons (Fsp3) is 0.438. The van der Waals surface area contributed by atoms with Crippen LogP contribution >= 0.6 is 0 Å². The SMILES string of the molecule is C[C@@H]1[C@@H](C)S(=O)(=O)CCN1C(=O)NCC#Cc1ccccc1. The molecule has 2 amide bonds. The van der Waals surface area contributed by atoms with Gasteiger partial charge < -0.3 is 10.2 Å². The first-order chi connectivity index (χ1) is 10.4. The molecule has 2 atom stereocenters. The second-order valence-electron chi connectivity index (χ2n) is 5.33. The topological polar surface area (TPSA) is 66.5 Å². The van der Waals surface area contributed by atoms with E-state index >= 15 is 0 Å². The van der Waals surface area contributed by atoms with Crippen LogP contribution in [0.15, 0.2) is 30.3 Å². The molecule has 0 radical (unpaired) electrons. The van der Waals surface area contributed by atoms with Crippen LogP contribution < -0.4 is 5.32 Å². The number of carbonyl (C=O) groups is 1. The van der Waals surface area contributed by atoms with Crippen LogP contribution in [0.1, 0.15) is 19.4 Å². The highest BCUT2D eigenvalue weighted by Gasteiger charge is 2.37. The maximum Gasteiger partial charge on any atom is 0.318 e. The number of carbonyl (C=O) groups excluding carboxylic acids is 1. The number of hydrogen-bond donors (Lipinski definition) is 1. The molecule has 1 aliphatic heterocycles. The maximum absolute atomic E-state index is 12.1. The molecule has 0 unspecified atom stereocenters. The van der Waals surface area contributed by atoms with Crippen LogP contribution in [0.4, 0.5) is 4.79 Å². The number of amides is 2. The predicted molar refractivity (Wildman–Crippen MR) is 86.1 cm³/mol. The van der Waals surface area contributed by atoms with Gasteiger partial charge >= 0.3 is 6.03 Å². The van der Waals surface area contributed by atoms with Gasteiger partial charge in [-0.15, -0.1) is 0 Å². The number of sulfone groups is 1. The molecular weight excluding hydrogens is 300 g/mol. The Morgan fingerprint density at radius 3 is 2.68 bits per heavy atom. The van der Waals surface area contributed by atoms with Crippen molar-refractivity contribution in [3.8, 4) is 11.8 Å². The summed E-state index contributed by atoms with van der Waals surface area (Å²) in [6, 6.07) is 8.92. The van der Waals surface area contributed by atoms with Gasteiger partial charge in [-0.3, -0.25) is 0 Å². The Balaban J connectivity index is 1.90. The van der Waals surface area contributed by atoms with E-state index in [1.165, 1.54) is 0 Å². The van der Waals surface area contributed by atoms with E-state index in [0.717, 1.165) is 5.56 Å². The molecule has 118 valence electrons. The Labute approximate surface area is 131 Å². The van der Waals surface area contributed by atoms with Gasteiger partial charge in [0.15, 0.2) is 9.84 Å². The van der Waals surface area contributed by atoms with Crippen molar-refractivity contribution in [2.75, 3.05) is 18.8 Å². The van der Waals surface area contributed by atoms with E-state index in [1.54, 1.807) is 18.7 Å². The van der Waals surface area contributed by atoms with Gasteiger partial charge in [-0.25, -0.2) is 13.2 Å². The quantitative estimate of drug-likeness (QED) is 0.792. The zero-order valence-electron chi connectivity index (χ0n) is 12.7. The zero-order chi connectivity index (χ0) is 16.2. The van der Waals surface area contributed by atoms with Gasteiger partial charge in [0, 0.05) is 18.2 Å². The van der Waals surface area contributed by atoms with E-state index in [1.807, 2.05) is 30.3 Å². The molecule has 1 saturated heterocycles. The van der Waals surface area contributed by atoms with Crippen LogP contribution in [0.3, 0.4) is 0 Å². The Morgan fingerprint density at radius 1 is 1.32 bits per heavy atom. The molecule has 5 nitrogen and oxygen atoms in total. The van der Waals surface area contributed by atoms with Gasteiger partial charge in [0.2, 0.25) is 0 Å². The first kappa shape index (κ1) is 16.4. The summed E-state index contributed by atoms with van der Waals surface area (Å²) in [5, 5.41) is 2.18. The molecule has 6 heteroatoms. The summed E-state index contributed by atoms with van der Waals surface area (Å²) in [5.41, 5.74) is 0.891. The number of nitrogens with zero attached hydrogens (tertiary/aromatic N) is 1. The average Bonchev–Trinajstić information content (AvgIpc) is 2.50. The normalized spacial score (nSPS) is 23.3. The van der Waals surface area contributed by atoms with Gasteiger partial charge in [-0.1, -0.05) is 30.0 Å². The smallest absolute Gasteiger partial charge is 0.318 e. The second kappa shape index (κ2) is 6.84. The molecular formula is C16H20N2O3S. The Hall–Kier alpha value is -2.00. The molecule has 1 fully saturated rings. The molecule has 1 N–H and O–H groups in total. The third kappa shape index (κ3) is 3.80. The molecule has 0 aliphatic carbocycles. The lowest BCUT2D eigenvalue weighted by Crippen LogP contribution is -2.56. The number of benzene rings is 1. The molecule has 0 aromatic heterocycles. The minimum Gasteiger partial charge on any atom is -0.327 e. The highest BCUT2D eigenvalue weighted by molar-refractivity contribution is 7.92. The lowest BCUT2D eigenvalue weighted by Gasteiger charge is -2.37. The minimum absolute atomic E-state index is 0.0155. The van der Waals surface area contributed by atoms with Gasteiger partial charge in [0.25, 0.3) is 0 Å². The largest absolute Gasteiger partial charge is 0.327 e. The monoisotopic (exact) mass is 320 g/mol. The van der Waals surface area contributed by atoms with Crippen molar-refractivity contribution in [1.29, 1.82) is 0 Å². The molecule has 0 saturated carbocycles. The standard InChI is InChI=1S/C16H20N2O3S/c1-13-14(2)22(20,21)12-11-18(13)16(19)17-10-6-9-15-7-4-3-5-8-15/h3-5,7-8,13-14H,10-12H2,1-2H3,(H,17,19)/t13-,14-/m1/s1. The second-order valence-corrected chi connectivity index (χ2v) is 7.81. The van der Waals surface area contributed by atoms with Crippen molar-refractivity contribution < 1.29 is 13.2 Å². The summed E-state index contributed by atoms with van der Waals surface area (Å²) in [5.74, 6) is 5.86. The lowest BCUT2D eigenvalue weighted by molar-refractivity contribution is 0.179. The molecule has 1 heterocycles. The summed E-state index contributed by atoms with van der Waals surface area (Å²) >= 11 is 0. The maximum atomic E-state index is 12.1. The molecule has 1 aromatic rings. The fourth-order valence-electron chi connectivity index (χ4n) is 2.34. The average molecular weight is 320 g/mol. The zero-order valence-corrected chi connectivity index (χ0v) is 13.6. The van der Waals surface area contributed by atoms with Crippen LogP contribution in [-0.4, -0.2) is 49.5 Å². The fourth-order valence-corrected chi connectivity index (χ4v) is 3.91. The first-order valence-corrected chi connectivity index (χ1v) is 8.93. The summed E-state index contributed by atoms with van der Waals surface area (Å²) < 4.78 is 23.6. The van der Waals surface area contributed by atoms with E-state index in [-0.39, 0.29) is 30.9 Å². The van der Waals surface area contributed by atoms with Crippen molar-refractivity contribution in [3.05, 3.63) is 35.9 Å². The van der Waals surface area contributed by atoms with Crippen molar-refractivity contribution >= 4 is 15.9 Å². The number of hydrogen-bond acceptors (Lipinski definition) is 3. The van der Waals surface area contributed by atoms with Crippen LogP contribution in [0.2, 0.25) is 0 Å². The third-order valence-corrected chi connectivity index (χ3v) is 6.23. The third-order valence-electron chi connectivity index (χ3n) is 3.95. The highest BCUT2D eigenvalue weighted by Crippen LogP contribution is 2.19. The van der Waals surface area contributed by atoms with Crippen molar-refractivity contribution in [1.82, 2.24) is 10.2 Å². The summed E-state index contributed by atoms with van der Waals surface area (Å²) in [6.45, 7) is 3.87. The van der Waals surface area contributed by atoms with Gasteiger partial charge in [-0.2, -0.15) is 0 Å². The molecule has 1 aliphatic rings. The van der Waals surface area contributed by atoms with Crippen LogP contribution in [0.25, 0.3) is 0 Å². The lowest BCUT2D eigenvalue weighted by atomic mass is 10.2. The van der Waals surface area contributed by atoms with Crippen LogP contribution in [0, 0.1) is 11.8 Å². The molecule has 22 heavy (non-hydrogen) atoms. The van der Waals surface area contributed by atoms with Crippen LogP contribution in [0.5, 0.6) is 0 Å². The predicted octanol–water partition coefficient (Wildman–Crippen LogP) is 1.26. The Morgan fingerprint density at radius 2 is 2.00 bits per heavy atom. The molecule has 1 aromatic carbocycles. The number of urea groups is 1. The van der Waals surface area contributed by atoms with E-state index < -0.39 is 15.1 Å². The number of nitrogens with one attached hydrogen (secondary N) is 1. The van der Waals surface area contributed by atoms with E-state index in [2.05, 4.69) is 17.2 Å². The van der Waals surface area contributed by atoms with E-state index in [0.29, 0.717) is 0 Å². The van der Waals surface area contributed by atoms with Crippen molar-refractivity contribution in [2.45, 2.75) is 25.1 Å². The Kier molecular flexibility index (Phi) is 5.09. The van der Waals surface area contributed by atoms with E-state index in [4.69, 9.17) is 0 Å². The molecule has 0 spiro atoms. The minimum atomic E-state index is -3.09. The first-order valence-electron chi connectivity index (χ1n) is 7.22. The van der Waals surface area contributed by atoms with Gasteiger partial charge in [-0.05, 0) is 26.0 Å². The van der Waals surface area contributed by atoms with E-state index in [9.17, 15) is 13.2 Å². The van der Waals surface area contributed by atoms with Gasteiger partial charge in [0.05, 0.1) is 17.5 Å². The number of rotatable bonds is 1. The molecule has 2 rings (SSSR count).